The summed E-state index contributed by atoms with van der Waals surface area (Å²) in [6.45, 7) is 4.98. The van der Waals surface area contributed by atoms with Crippen LogP contribution >= 0.6 is 0 Å². The van der Waals surface area contributed by atoms with Gasteiger partial charge in [0, 0.05) is 6.07 Å². The minimum absolute atomic E-state index is 0.0855. The number of carboxylic acids is 1. The van der Waals surface area contributed by atoms with Gasteiger partial charge in [-0.15, -0.1) is 0 Å². The molecule has 1 fully saturated rings. The van der Waals surface area contributed by atoms with Crippen molar-refractivity contribution in [3.63, 3.8) is 0 Å². The average molecular weight is 292 g/mol. The van der Waals surface area contributed by atoms with E-state index in [1.54, 1.807) is 26.8 Å². The number of carbonyl (C=O) groups excluding carboxylic acids is 1. The third-order valence-corrected chi connectivity index (χ3v) is 4.14. The van der Waals surface area contributed by atoms with Gasteiger partial charge in [0.2, 0.25) is 5.91 Å². The quantitative estimate of drug-likeness (QED) is 0.653. The van der Waals surface area contributed by atoms with Crippen molar-refractivity contribution in [2.24, 2.45) is 17.3 Å². The molecular weight excluding hydrogens is 276 g/mol. The molecule has 1 saturated carbocycles. The van der Waals surface area contributed by atoms with Crippen LogP contribution in [-0.4, -0.2) is 21.9 Å². The maximum atomic E-state index is 12.2. The number of hydrogen-bond donors (Lipinski definition) is 2. The average Bonchev–Trinajstić information content (AvgIpc) is 2.95. The lowest BCUT2D eigenvalue weighted by atomic mass is 10.1. The Morgan fingerprint density at radius 1 is 1.33 bits per heavy atom. The van der Waals surface area contributed by atoms with Gasteiger partial charge in [-0.2, -0.15) is 0 Å². The number of rotatable bonds is 4. The zero-order chi connectivity index (χ0) is 15.9. The molecule has 112 valence electrons. The van der Waals surface area contributed by atoms with E-state index in [2.05, 4.69) is 5.32 Å². The predicted molar refractivity (Wildman–Crippen MR) is 74.9 cm³/mol. The molecule has 7 nitrogen and oxygen atoms in total. The number of nitro benzene ring substituents is 1. The van der Waals surface area contributed by atoms with Gasteiger partial charge in [0.1, 0.15) is 0 Å². The highest BCUT2D eigenvalue weighted by molar-refractivity contribution is 6.00. The Bertz CT molecular complexity index is 638. The van der Waals surface area contributed by atoms with Gasteiger partial charge in [-0.25, -0.2) is 0 Å². The van der Waals surface area contributed by atoms with Crippen LogP contribution in [0.4, 0.5) is 11.4 Å². The highest BCUT2D eigenvalue weighted by atomic mass is 16.6. The zero-order valence-corrected chi connectivity index (χ0v) is 11.9. The molecule has 0 aromatic heterocycles. The number of carboxylic acid groups (broad SMARTS) is 1. The zero-order valence-electron chi connectivity index (χ0n) is 11.9. The molecule has 2 N–H and O–H groups in total. The van der Waals surface area contributed by atoms with Crippen molar-refractivity contribution in [2.45, 2.75) is 20.8 Å². The van der Waals surface area contributed by atoms with Gasteiger partial charge in [-0.1, -0.05) is 19.9 Å². The summed E-state index contributed by atoms with van der Waals surface area (Å²) < 4.78 is 0. The van der Waals surface area contributed by atoms with Crippen LogP contribution in [0.2, 0.25) is 0 Å². The Balaban J connectivity index is 2.21. The van der Waals surface area contributed by atoms with Gasteiger partial charge in [-0.3, -0.25) is 19.7 Å². The van der Waals surface area contributed by atoms with E-state index in [-0.39, 0.29) is 5.69 Å². The fourth-order valence-corrected chi connectivity index (χ4v) is 2.76. The second-order valence-corrected chi connectivity index (χ2v) is 5.81. The summed E-state index contributed by atoms with van der Waals surface area (Å²) in [4.78, 5) is 33.6. The monoisotopic (exact) mass is 292 g/mol. The van der Waals surface area contributed by atoms with E-state index in [4.69, 9.17) is 5.11 Å². The Labute approximate surface area is 121 Å². The highest BCUT2D eigenvalue weighted by Gasteiger charge is 2.65. The molecule has 1 aliphatic carbocycles. The van der Waals surface area contributed by atoms with Crippen LogP contribution in [0.5, 0.6) is 0 Å². The molecule has 0 spiro atoms. The van der Waals surface area contributed by atoms with Gasteiger partial charge < -0.3 is 10.4 Å². The van der Waals surface area contributed by atoms with Gasteiger partial charge in [-0.05, 0) is 18.4 Å². The second kappa shape index (κ2) is 4.83. The fourth-order valence-electron chi connectivity index (χ4n) is 2.76. The van der Waals surface area contributed by atoms with Crippen LogP contribution in [0.15, 0.2) is 18.2 Å². The van der Waals surface area contributed by atoms with Crippen molar-refractivity contribution < 1.29 is 19.6 Å². The molecule has 0 unspecified atom stereocenters. The van der Waals surface area contributed by atoms with Crippen LogP contribution in [-0.2, 0) is 9.59 Å². The van der Waals surface area contributed by atoms with Crippen LogP contribution in [0.1, 0.15) is 19.4 Å². The normalized spacial score (nSPS) is 22.4. The molecule has 2 atom stereocenters. The van der Waals surface area contributed by atoms with E-state index >= 15 is 0 Å². The Morgan fingerprint density at radius 2 is 1.95 bits per heavy atom. The van der Waals surface area contributed by atoms with E-state index in [9.17, 15) is 19.7 Å². The summed E-state index contributed by atoms with van der Waals surface area (Å²) in [7, 11) is 0. The molecule has 0 heterocycles. The molecule has 1 aromatic carbocycles. The molecule has 1 aliphatic rings. The van der Waals surface area contributed by atoms with E-state index in [1.807, 2.05) is 0 Å². The van der Waals surface area contributed by atoms with E-state index in [0.29, 0.717) is 11.3 Å². The summed E-state index contributed by atoms with van der Waals surface area (Å²) in [6, 6.07) is 4.39. The van der Waals surface area contributed by atoms with Crippen molar-refractivity contribution in [1.82, 2.24) is 0 Å². The molecule has 2 rings (SSSR count). The van der Waals surface area contributed by atoms with E-state index < -0.39 is 34.1 Å². The lowest BCUT2D eigenvalue weighted by Gasteiger charge is -2.09. The first-order valence-corrected chi connectivity index (χ1v) is 6.45. The Morgan fingerprint density at radius 3 is 2.43 bits per heavy atom. The maximum absolute atomic E-state index is 12.2. The summed E-state index contributed by atoms with van der Waals surface area (Å²) in [5.74, 6) is -2.78. The van der Waals surface area contributed by atoms with Crippen LogP contribution in [0.3, 0.4) is 0 Å². The number of amides is 1. The SMILES string of the molecule is Cc1c(NC(=O)[C@H]2[C@@H](C(=O)O)C2(C)C)cccc1[N+](=O)[O-]. The number of benzene rings is 1. The Kier molecular flexibility index (Phi) is 3.44. The lowest BCUT2D eigenvalue weighted by molar-refractivity contribution is -0.385. The van der Waals surface area contributed by atoms with Crippen molar-refractivity contribution in [2.75, 3.05) is 5.32 Å². The van der Waals surface area contributed by atoms with Crippen molar-refractivity contribution in [3.8, 4) is 0 Å². The van der Waals surface area contributed by atoms with Crippen LogP contribution in [0.25, 0.3) is 0 Å². The van der Waals surface area contributed by atoms with Gasteiger partial charge in [0.05, 0.1) is 28.0 Å². The van der Waals surface area contributed by atoms with Crippen molar-refractivity contribution in [3.05, 3.63) is 33.9 Å². The number of aliphatic carboxylic acids is 1. The molecule has 0 saturated heterocycles. The molecule has 21 heavy (non-hydrogen) atoms. The predicted octanol–water partition coefficient (Wildman–Crippen LogP) is 2.20. The second-order valence-electron chi connectivity index (χ2n) is 5.81. The van der Waals surface area contributed by atoms with Gasteiger partial charge >= 0.3 is 5.97 Å². The minimum atomic E-state index is -1.00. The van der Waals surface area contributed by atoms with Gasteiger partial charge in [0.15, 0.2) is 0 Å². The van der Waals surface area contributed by atoms with Crippen molar-refractivity contribution >= 4 is 23.3 Å². The number of nitrogens with one attached hydrogen (secondary N) is 1. The Hall–Kier alpha value is -2.44. The smallest absolute Gasteiger partial charge is 0.307 e. The maximum Gasteiger partial charge on any atom is 0.307 e. The first-order valence-electron chi connectivity index (χ1n) is 6.45. The van der Waals surface area contributed by atoms with E-state index in [0.717, 1.165) is 0 Å². The number of nitrogens with zero attached hydrogens (tertiary/aromatic N) is 1. The summed E-state index contributed by atoms with van der Waals surface area (Å²) in [5, 5.41) is 22.5. The molecule has 1 aromatic rings. The number of nitro groups is 1. The number of carbonyl (C=O) groups is 2. The lowest BCUT2D eigenvalue weighted by Crippen LogP contribution is -2.18. The first-order chi connectivity index (χ1) is 9.67. The van der Waals surface area contributed by atoms with Crippen molar-refractivity contribution in [1.29, 1.82) is 0 Å². The topological polar surface area (TPSA) is 110 Å². The summed E-state index contributed by atoms with van der Waals surface area (Å²) in [6.07, 6.45) is 0. The van der Waals surface area contributed by atoms with E-state index in [1.165, 1.54) is 12.1 Å². The summed E-state index contributed by atoms with van der Waals surface area (Å²) in [5.41, 5.74) is -0.00952. The molecule has 7 heteroatoms. The molecule has 0 bridgehead atoms. The van der Waals surface area contributed by atoms with Crippen LogP contribution in [0, 0.1) is 34.3 Å². The molecule has 0 radical (unpaired) electrons. The van der Waals surface area contributed by atoms with Gasteiger partial charge in [0.25, 0.3) is 5.69 Å². The first kappa shape index (κ1) is 15.0. The number of hydrogen-bond acceptors (Lipinski definition) is 4. The summed E-state index contributed by atoms with van der Waals surface area (Å²) >= 11 is 0. The fraction of sp³-hybridized carbons (Fsp3) is 0.429. The molecular formula is C14H16N2O5. The third-order valence-electron chi connectivity index (χ3n) is 4.14. The minimum Gasteiger partial charge on any atom is -0.481 e. The standard InChI is InChI=1S/C14H16N2O5/c1-7-8(5-4-6-9(7)16(20)21)15-12(17)10-11(13(18)19)14(10,2)3/h4-6,10-11H,1-3H3,(H,15,17)(H,18,19)/t10-,11+/m1/s1. The number of anilines is 1. The van der Waals surface area contributed by atoms with Crippen LogP contribution < -0.4 is 5.32 Å². The largest absolute Gasteiger partial charge is 0.481 e. The molecule has 0 aliphatic heterocycles. The third kappa shape index (κ3) is 2.46. The highest BCUT2D eigenvalue weighted by Crippen LogP contribution is 2.58. The molecule has 1 amide bonds.